The van der Waals surface area contributed by atoms with Crippen LogP contribution in [0.3, 0.4) is 0 Å². The third-order valence-electron chi connectivity index (χ3n) is 1.76. The van der Waals surface area contributed by atoms with Gasteiger partial charge in [-0.05, 0) is 13.8 Å². The summed E-state index contributed by atoms with van der Waals surface area (Å²) < 4.78 is 0. The maximum Gasteiger partial charge on any atom is 0.0851 e. The van der Waals surface area contributed by atoms with Gasteiger partial charge < -0.3 is 0 Å². The number of hydrogen-bond acceptors (Lipinski definition) is 4. The van der Waals surface area contributed by atoms with Gasteiger partial charge in [-0.25, -0.2) is 5.43 Å². The lowest BCUT2D eigenvalue weighted by Crippen LogP contribution is -2.29. The molecule has 4 nitrogen and oxygen atoms in total. The molecule has 0 spiro atoms. The average molecular weight is 178 g/mol. The van der Waals surface area contributed by atoms with Gasteiger partial charge in [-0.3, -0.25) is 15.8 Å². The van der Waals surface area contributed by atoms with Gasteiger partial charge in [0.2, 0.25) is 0 Å². The zero-order valence-corrected chi connectivity index (χ0v) is 7.91. The van der Waals surface area contributed by atoms with Gasteiger partial charge in [0.15, 0.2) is 0 Å². The SMILES string of the molecule is C=C(C)C(NN)c1cnc(C)cn1. The van der Waals surface area contributed by atoms with Crippen molar-refractivity contribution in [3.8, 4) is 0 Å². The summed E-state index contributed by atoms with van der Waals surface area (Å²) in [5.74, 6) is 5.37. The van der Waals surface area contributed by atoms with Crippen molar-refractivity contribution in [3.63, 3.8) is 0 Å². The molecule has 13 heavy (non-hydrogen) atoms. The topological polar surface area (TPSA) is 63.8 Å². The number of nitrogens with two attached hydrogens (primary N) is 1. The van der Waals surface area contributed by atoms with Crippen molar-refractivity contribution in [2.45, 2.75) is 19.9 Å². The third-order valence-corrected chi connectivity index (χ3v) is 1.76. The van der Waals surface area contributed by atoms with Crippen LogP contribution >= 0.6 is 0 Å². The number of nitrogens with zero attached hydrogens (tertiary/aromatic N) is 2. The standard InChI is InChI=1S/C9H14N4/c1-6(2)9(13-10)8-5-11-7(3)4-12-8/h4-5,9,13H,1,10H2,2-3H3. The van der Waals surface area contributed by atoms with E-state index in [9.17, 15) is 0 Å². The Balaban J connectivity index is 2.92. The Morgan fingerprint density at radius 3 is 2.62 bits per heavy atom. The molecule has 0 amide bonds. The van der Waals surface area contributed by atoms with Crippen molar-refractivity contribution in [2.75, 3.05) is 0 Å². The lowest BCUT2D eigenvalue weighted by Gasteiger charge is -2.14. The molecule has 0 aliphatic heterocycles. The van der Waals surface area contributed by atoms with Crippen LogP contribution in [0.2, 0.25) is 0 Å². The fourth-order valence-electron chi connectivity index (χ4n) is 1.03. The maximum absolute atomic E-state index is 5.37. The number of nitrogens with one attached hydrogen (secondary N) is 1. The van der Waals surface area contributed by atoms with Crippen molar-refractivity contribution < 1.29 is 0 Å². The highest BCUT2D eigenvalue weighted by molar-refractivity contribution is 5.16. The second kappa shape index (κ2) is 4.11. The van der Waals surface area contributed by atoms with Gasteiger partial charge in [-0.15, -0.1) is 0 Å². The zero-order valence-electron chi connectivity index (χ0n) is 7.91. The van der Waals surface area contributed by atoms with Crippen LogP contribution in [0.1, 0.15) is 24.4 Å². The minimum atomic E-state index is -0.118. The smallest absolute Gasteiger partial charge is 0.0851 e. The Morgan fingerprint density at radius 2 is 2.23 bits per heavy atom. The van der Waals surface area contributed by atoms with Gasteiger partial charge in [0, 0.05) is 6.20 Å². The molecule has 0 fully saturated rings. The summed E-state index contributed by atoms with van der Waals surface area (Å²) in [6.45, 7) is 7.60. The van der Waals surface area contributed by atoms with Crippen LogP contribution in [0.25, 0.3) is 0 Å². The summed E-state index contributed by atoms with van der Waals surface area (Å²) >= 11 is 0. The van der Waals surface area contributed by atoms with Gasteiger partial charge >= 0.3 is 0 Å². The molecule has 0 aliphatic rings. The Kier molecular flexibility index (Phi) is 3.11. The fraction of sp³-hybridized carbons (Fsp3) is 0.333. The van der Waals surface area contributed by atoms with Crippen LogP contribution in [0.15, 0.2) is 24.5 Å². The van der Waals surface area contributed by atoms with Crippen LogP contribution in [-0.2, 0) is 0 Å². The van der Waals surface area contributed by atoms with Crippen molar-refractivity contribution in [1.29, 1.82) is 0 Å². The molecule has 1 rings (SSSR count). The zero-order chi connectivity index (χ0) is 9.84. The van der Waals surface area contributed by atoms with Crippen molar-refractivity contribution in [3.05, 3.63) is 35.9 Å². The molecule has 1 aromatic heterocycles. The number of rotatable bonds is 3. The minimum Gasteiger partial charge on any atom is -0.271 e. The predicted octanol–water partition coefficient (Wildman–Crippen LogP) is 0.866. The van der Waals surface area contributed by atoms with Crippen LogP contribution in [0.4, 0.5) is 0 Å². The molecule has 0 radical (unpaired) electrons. The second-order valence-electron chi connectivity index (χ2n) is 3.03. The van der Waals surface area contributed by atoms with Crippen LogP contribution in [0.5, 0.6) is 0 Å². The molecule has 0 aromatic carbocycles. The van der Waals surface area contributed by atoms with Gasteiger partial charge in [0.1, 0.15) is 0 Å². The van der Waals surface area contributed by atoms with Crippen LogP contribution in [0, 0.1) is 6.92 Å². The van der Waals surface area contributed by atoms with Gasteiger partial charge in [-0.1, -0.05) is 12.2 Å². The van der Waals surface area contributed by atoms with E-state index >= 15 is 0 Å². The third kappa shape index (κ3) is 2.34. The monoisotopic (exact) mass is 178 g/mol. The molecule has 1 aromatic rings. The Labute approximate surface area is 77.9 Å². The Hall–Kier alpha value is -1.26. The average Bonchev–Trinajstić information content (AvgIpc) is 2.09. The fourth-order valence-corrected chi connectivity index (χ4v) is 1.03. The summed E-state index contributed by atoms with van der Waals surface area (Å²) in [5.41, 5.74) is 5.23. The molecule has 70 valence electrons. The summed E-state index contributed by atoms with van der Waals surface area (Å²) in [6, 6.07) is -0.118. The predicted molar refractivity (Wildman–Crippen MR) is 51.6 cm³/mol. The summed E-state index contributed by atoms with van der Waals surface area (Å²) in [5, 5.41) is 0. The van der Waals surface area contributed by atoms with Crippen LogP contribution < -0.4 is 11.3 Å². The maximum atomic E-state index is 5.37. The molecule has 1 unspecified atom stereocenters. The first-order valence-electron chi connectivity index (χ1n) is 4.05. The molecule has 0 saturated heterocycles. The normalized spacial score (nSPS) is 12.5. The Morgan fingerprint density at radius 1 is 1.54 bits per heavy atom. The Bertz CT molecular complexity index is 291. The van der Waals surface area contributed by atoms with Gasteiger partial charge in [-0.2, -0.15) is 0 Å². The number of aromatic nitrogens is 2. The van der Waals surface area contributed by atoms with E-state index in [-0.39, 0.29) is 6.04 Å². The number of hydrazine groups is 1. The molecular formula is C9H14N4. The largest absolute Gasteiger partial charge is 0.271 e. The highest BCUT2D eigenvalue weighted by Gasteiger charge is 2.11. The van der Waals surface area contributed by atoms with E-state index in [2.05, 4.69) is 22.0 Å². The van der Waals surface area contributed by atoms with E-state index in [1.165, 1.54) is 0 Å². The minimum absolute atomic E-state index is 0.118. The van der Waals surface area contributed by atoms with Crippen molar-refractivity contribution in [2.24, 2.45) is 5.84 Å². The van der Waals surface area contributed by atoms with E-state index in [0.29, 0.717) is 0 Å². The lowest BCUT2D eigenvalue weighted by molar-refractivity contribution is 0.607. The molecular weight excluding hydrogens is 164 g/mol. The van der Waals surface area contributed by atoms with E-state index in [4.69, 9.17) is 5.84 Å². The first-order chi connectivity index (χ1) is 6.15. The van der Waals surface area contributed by atoms with Crippen LogP contribution in [-0.4, -0.2) is 9.97 Å². The highest BCUT2D eigenvalue weighted by atomic mass is 15.2. The highest BCUT2D eigenvalue weighted by Crippen LogP contribution is 2.15. The van der Waals surface area contributed by atoms with Gasteiger partial charge in [0.05, 0.1) is 23.6 Å². The van der Waals surface area contributed by atoms with Crippen molar-refractivity contribution in [1.82, 2.24) is 15.4 Å². The number of aryl methyl sites for hydroxylation is 1. The quantitative estimate of drug-likeness (QED) is 0.409. The van der Waals surface area contributed by atoms with E-state index in [0.717, 1.165) is 17.0 Å². The van der Waals surface area contributed by atoms with Gasteiger partial charge in [0.25, 0.3) is 0 Å². The van der Waals surface area contributed by atoms with E-state index in [1.54, 1.807) is 12.4 Å². The van der Waals surface area contributed by atoms with E-state index < -0.39 is 0 Å². The summed E-state index contributed by atoms with van der Waals surface area (Å²) in [6.07, 6.45) is 3.41. The molecule has 0 saturated carbocycles. The number of hydrogen-bond donors (Lipinski definition) is 2. The molecule has 4 heteroatoms. The summed E-state index contributed by atoms with van der Waals surface area (Å²) in [7, 11) is 0. The molecule has 0 bridgehead atoms. The summed E-state index contributed by atoms with van der Waals surface area (Å²) in [4.78, 5) is 8.34. The first-order valence-corrected chi connectivity index (χ1v) is 4.05. The first kappa shape index (κ1) is 9.83. The van der Waals surface area contributed by atoms with Crippen molar-refractivity contribution >= 4 is 0 Å². The van der Waals surface area contributed by atoms with E-state index in [1.807, 2.05) is 13.8 Å². The lowest BCUT2D eigenvalue weighted by atomic mass is 10.1. The molecule has 0 aliphatic carbocycles. The molecule has 1 atom stereocenters. The molecule has 1 heterocycles. The molecule has 3 N–H and O–H groups in total. The second-order valence-corrected chi connectivity index (χ2v) is 3.03.